The molecule has 38 heavy (non-hydrogen) atoms. The standard InChI is InChI=1S/C34H38N3O/c1-2-35-21-22-11-13-23(14-12-22)30-28-19-24-7-3-15-36-17-5-9-26(31(24)36)33(28)38-34-27-10-6-18-37-16-4-8-25(32(27)37)20-29(30)34/h11-14,19-20,35H,2-10,15-18,21H2,1H3/q+1. The molecule has 0 bridgehead atoms. The van der Waals surface area contributed by atoms with Gasteiger partial charge in [-0.3, -0.25) is 0 Å². The molecule has 0 radical (unpaired) electrons. The summed E-state index contributed by atoms with van der Waals surface area (Å²) >= 11 is 0. The van der Waals surface area contributed by atoms with Crippen molar-refractivity contribution < 1.29 is 4.74 Å². The van der Waals surface area contributed by atoms with Gasteiger partial charge in [0.15, 0.2) is 0 Å². The Morgan fingerprint density at radius 2 is 1.61 bits per heavy atom. The van der Waals surface area contributed by atoms with Crippen molar-refractivity contribution in [1.29, 1.82) is 0 Å². The number of benzene rings is 3. The molecular formula is C34H38N3O+. The second kappa shape index (κ2) is 8.98. The highest BCUT2D eigenvalue weighted by Gasteiger charge is 2.35. The Bertz CT molecular complexity index is 1580. The van der Waals surface area contributed by atoms with Gasteiger partial charge in [-0.25, -0.2) is 4.58 Å². The van der Waals surface area contributed by atoms with E-state index in [1.54, 1.807) is 0 Å². The summed E-state index contributed by atoms with van der Waals surface area (Å²) in [5, 5.41) is 6.30. The van der Waals surface area contributed by atoms with Crippen LogP contribution in [0.2, 0.25) is 0 Å². The van der Waals surface area contributed by atoms with Crippen molar-refractivity contribution in [1.82, 2.24) is 9.89 Å². The topological polar surface area (TPSA) is 27.5 Å². The van der Waals surface area contributed by atoms with E-state index in [9.17, 15) is 0 Å². The molecule has 4 nitrogen and oxygen atoms in total. The molecule has 0 saturated carbocycles. The molecule has 0 fully saturated rings. The number of fused-ring (bicyclic) bond motifs is 4. The summed E-state index contributed by atoms with van der Waals surface area (Å²) in [5.74, 6) is 2.30. The third kappa shape index (κ3) is 3.42. The van der Waals surface area contributed by atoms with Crippen LogP contribution in [-0.2, 0) is 32.2 Å². The molecule has 0 atom stereocenters. The molecule has 5 heterocycles. The Hall–Kier alpha value is -3.11. The smallest absolute Gasteiger partial charge is 0.210 e. The normalized spacial score (nSPS) is 18.8. The molecule has 194 valence electrons. The fraction of sp³-hybridized carbons (Fsp3) is 0.441. The Labute approximate surface area is 225 Å². The molecule has 0 unspecified atom stereocenters. The van der Waals surface area contributed by atoms with E-state index >= 15 is 0 Å². The van der Waals surface area contributed by atoms with Crippen LogP contribution in [-0.4, -0.2) is 32.7 Å². The van der Waals surface area contributed by atoms with Crippen LogP contribution in [0.3, 0.4) is 0 Å². The maximum Gasteiger partial charge on any atom is 0.210 e. The van der Waals surface area contributed by atoms with Gasteiger partial charge in [0.25, 0.3) is 0 Å². The van der Waals surface area contributed by atoms with Crippen molar-refractivity contribution in [2.45, 2.75) is 64.8 Å². The number of nitrogens with zero attached hydrogens (tertiary/aromatic N) is 2. The molecule has 1 N–H and O–H groups in total. The second-order valence-corrected chi connectivity index (χ2v) is 11.8. The minimum absolute atomic E-state index is 0.920. The first-order chi connectivity index (χ1) is 18.8. The Kier molecular flexibility index (Phi) is 5.40. The summed E-state index contributed by atoms with van der Waals surface area (Å²) in [4.78, 5) is 2.64. The number of hydrogen-bond donors (Lipinski definition) is 1. The minimum Gasteiger partial charge on any atom is -0.455 e. The number of hydrogen-bond acceptors (Lipinski definition) is 3. The summed E-state index contributed by atoms with van der Waals surface area (Å²) in [5.41, 5.74) is 12.9. The van der Waals surface area contributed by atoms with Crippen LogP contribution in [0.1, 0.15) is 71.6 Å². The fourth-order valence-corrected chi connectivity index (χ4v) is 7.88. The van der Waals surface area contributed by atoms with E-state index in [1.807, 2.05) is 0 Å². The van der Waals surface area contributed by atoms with Crippen LogP contribution < -0.4 is 30.1 Å². The molecule has 0 aromatic heterocycles. The van der Waals surface area contributed by atoms with E-state index in [0.29, 0.717) is 0 Å². The molecule has 0 spiro atoms. The molecule has 8 rings (SSSR count). The molecule has 3 aromatic carbocycles. The van der Waals surface area contributed by atoms with E-state index in [2.05, 4.69) is 58.1 Å². The zero-order valence-electron chi connectivity index (χ0n) is 22.7. The summed E-state index contributed by atoms with van der Waals surface area (Å²) in [6, 6.07) is 14.4. The Morgan fingerprint density at radius 1 is 0.842 bits per heavy atom. The zero-order chi connectivity index (χ0) is 25.2. The first-order valence-electron chi connectivity index (χ1n) is 15.0. The van der Waals surface area contributed by atoms with Gasteiger partial charge in [-0.2, -0.15) is 0 Å². The predicted molar refractivity (Wildman–Crippen MR) is 154 cm³/mol. The Morgan fingerprint density at radius 3 is 2.45 bits per heavy atom. The quantitative estimate of drug-likeness (QED) is 0.422. The van der Waals surface area contributed by atoms with Crippen molar-refractivity contribution in [2.24, 2.45) is 0 Å². The largest absolute Gasteiger partial charge is 0.455 e. The maximum atomic E-state index is 7.16. The average Bonchev–Trinajstić information content (AvgIpc) is 2.96. The molecular weight excluding hydrogens is 466 g/mol. The maximum absolute atomic E-state index is 7.16. The SMILES string of the molecule is CCNCc1ccc(C2=c3cc4c5c(c3Oc3c2cc2c6c3CCCN6CCC2)CCC[N+]=5CCC4)cc1. The lowest BCUT2D eigenvalue weighted by molar-refractivity contribution is 0.431. The molecule has 0 aliphatic carbocycles. The van der Waals surface area contributed by atoms with Crippen LogP contribution in [0.25, 0.3) is 5.57 Å². The summed E-state index contributed by atoms with van der Waals surface area (Å²) in [7, 11) is 0. The van der Waals surface area contributed by atoms with Crippen molar-refractivity contribution >= 4 is 11.3 Å². The molecule has 5 aliphatic heterocycles. The average molecular weight is 505 g/mol. The van der Waals surface area contributed by atoms with Gasteiger partial charge in [-0.1, -0.05) is 31.2 Å². The van der Waals surface area contributed by atoms with Gasteiger partial charge in [-0.05, 0) is 73.9 Å². The highest BCUT2D eigenvalue weighted by Crippen LogP contribution is 2.48. The first-order valence-corrected chi connectivity index (χ1v) is 15.0. The van der Waals surface area contributed by atoms with Gasteiger partial charge in [0.05, 0.1) is 5.56 Å². The van der Waals surface area contributed by atoms with Gasteiger partial charge >= 0.3 is 0 Å². The van der Waals surface area contributed by atoms with E-state index in [-0.39, 0.29) is 0 Å². The minimum atomic E-state index is 0.920. The van der Waals surface area contributed by atoms with Crippen molar-refractivity contribution in [3.63, 3.8) is 0 Å². The van der Waals surface area contributed by atoms with Crippen LogP contribution in [0.15, 0.2) is 36.4 Å². The highest BCUT2D eigenvalue weighted by atomic mass is 16.5. The number of rotatable bonds is 4. The van der Waals surface area contributed by atoms with Crippen molar-refractivity contribution in [3.8, 4) is 11.5 Å². The van der Waals surface area contributed by atoms with E-state index in [0.717, 1.165) is 37.4 Å². The van der Waals surface area contributed by atoms with E-state index in [4.69, 9.17) is 4.74 Å². The van der Waals surface area contributed by atoms with Crippen molar-refractivity contribution in [3.05, 3.63) is 85.9 Å². The number of aryl methyl sites for hydroxylation is 2. The van der Waals surface area contributed by atoms with Crippen LogP contribution in [0.5, 0.6) is 11.5 Å². The van der Waals surface area contributed by atoms with Crippen LogP contribution in [0.4, 0.5) is 5.69 Å². The summed E-state index contributed by atoms with van der Waals surface area (Å²) < 4.78 is 9.81. The molecule has 0 saturated heterocycles. The predicted octanol–water partition coefficient (Wildman–Crippen LogP) is 4.23. The van der Waals surface area contributed by atoms with Gasteiger partial charge in [-0.15, -0.1) is 0 Å². The number of nitrogens with one attached hydrogen (secondary N) is 1. The fourth-order valence-electron chi connectivity index (χ4n) is 7.88. The Balaban J connectivity index is 1.44. The molecule has 0 amide bonds. The van der Waals surface area contributed by atoms with Crippen molar-refractivity contribution in [2.75, 3.05) is 37.6 Å². The lowest BCUT2D eigenvalue weighted by atomic mass is 9.82. The third-order valence-corrected chi connectivity index (χ3v) is 9.51. The lowest BCUT2D eigenvalue weighted by Crippen LogP contribution is -2.45. The monoisotopic (exact) mass is 504 g/mol. The molecule has 4 heteroatoms. The van der Waals surface area contributed by atoms with Gasteiger partial charge in [0.1, 0.15) is 24.6 Å². The van der Waals surface area contributed by atoms with Crippen LogP contribution >= 0.6 is 0 Å². The summed E-state index contributed by atoms with van der Waals surface area (Å²) in [6.45, 7) is 8.83. The van der Waals surface area contributed by atoms with Crippen LogP contribution in [0, 0.1) is 0 Å². The van der Waals surface area contributed by atoms with Gasteiger partial charge < -0.3 is 15.0 Å². The molecule has 5 aliphatic rings. The zero-order valence-corrected chi connectivity index (χ0v) is 22.7. The third-order valence-electron chi connectivity index (χ3n) is 9.51. The highest BCUT2D eigenvalue weighted by molar-refractivity contribution is 5.89. The first kappa shape index (κ1) is 22.8. The second-order valence-electron chi connectivity index (χ2n) is 11.8. The summed E-state index contributed by atoms with van der Waals surface area (Å²) in [6.07, 6.45) is 9.56. The number of ether oxygens (including phenoxy) is 1. The van der Waals surface area contributed by atoms with E-state index < -0.39 is 0 Å². The van der Waals surface area contributed by atoms with E-state index in [1.165, 1.54) is 125 Å². The van der Waals surface area contributed by atoms with Gasteiger partial charge in [0.2, 0.25) is 5.36 Å². The number of anilines is 1. The lowest BCUT2D eigenvalue weighted by Gasteiger charge is -2.39. The molecule has 3 aromatic rings. The van der Waals surface area contributed by atoms with Gasteiger partial charge in [0, 0.05) is 65.6 Å².